The number of rotatable bonds is 4. The second kappa shape index (κ2) is 6.88. The molecule has 1 atom stereocenters. The largest absolute Gasteiger partial charge is 0.374 e. The van der Waals surface area contributed by atoms with E-state index >= 15 is 0 Å². The van der Waals surface area contributed by atoms with Crippen LogP contribution in [0.5, 0.6) is 0 Å². The molecule has 18 heavy (non-hydrogen) atoms. The number of nitrogens with one attached hydrogen (secondary N) is 1. The Morgan fingerprint density at radius 2 is 1.94 bits per heavy atom. The zero-order chi connectivity index (χ0) is 13.0. The summed E-state index contributed by atoms with van der Waals surface area (Å²) in [4.78, 5) is 2.54. The van der Waals surface area contributed by atoms with Crippen molar-refractivity contribution >= 4 is 0 Å². The Bertz CT molecular complexity index is 231. The molecule has 0 aromatic carbocycles. The first-order valence-corrected chi connectivity index (χ1v) is 7.69. The van der Waals surface area contributed by atoms with E-state index in [1.807, 2.05) is 0 Å². The fraction of sp³-hybridized carbons (Fsp3) is 1.00. The Balaban J connectivity index is 1.71. The summed E-state index contributed by atoms with van der Waals surface area (Å²) in [7, 11) is 2.28. The third-order valence-corrected chi connectivity index (χ3v) is 4.80. The van der Waals surface area contributed by atoms with E-state index in [-0.39, 0.29) is 0 Å². The third kappa shape index (κ3) is 3.94. The zero-order valence-corrected chi connectivity index (χ0v) is 12.3. The Hall–Kier alpha value is -0.120. The van der Waals surface area contributed by atoms with E-state index in [4.69, 9.17) is 4.74 Å². The Kier molecular flexibility index (Phi) is 5.46. The van der Waals surface area contributed by atoms with Crippen LogP contribution in [0.15, 0.2) is 0 Å². The summed E-state index contributed by atoms with van der Waals surface area (Å²) >= 11 is 0. The summed E-state index contributed by atoms with van der Waals surface area (Å²) in [6.45, 7) is 8.74. The number of likely N-dealkylation sites (N-methyl/N-ethyl adjacent to an activating group) is 1. The van der Waals surface area contributed by atoms with Crippen molar-refractivity contribution in [3.8, 4) is 0 Å². The molecule has 1 saturated heterocycles. The van der Waals surface area contributed by atoms with Gasteiger partial charge in [0.1, 0.15) is 0 Å². The maximum absolute atomic E-state index is 5.79. The lowest BCUT2D eigenvalue weighted by atomic mass is 9.79. The molecule has 0 aromatic heterocycles. The van der Waals surface area contributed by atoms with E-state index in [0.29, 0.717) is 6.10 Å². The lowest BCUT2D eigenvalue weighted by molar-refractivity contribution is -0.00238. The van der Waals surface area contributed by atoms with Crippen LogP contribution >= 0.6 is 0 Å². The van der Waals surface area contributed by atoms with Crippen LogP contribution in [0.4, 0.5) is 0 Å². The minimum atomic E-state index is 0.395. The topological polar surface area (TPSA) is 24.5 Å². The van der Waals surface area contributed by atoms with E-state index in [2.05, 4.69) is 31.1 Å². The quantitative estimate of drug-likeness (QED) is 0.832. The van der Waals surface area contributed by atoms with Gasteiger partial charge in [0.2, 0.25) is 0 Å². The van der Waals surface area contributed by atoms with Gasteiger partial charge in [0.25, 0.3) is 0 Å². The summed E-state index contributed by atoms with van der Waals surface area (Å²) < 4.78 is 5.79. The lowest BCUT2D eigenvalue weighted by Crippen LogP contribution is -2.47. The van der Waals surface area contributed by atoms with Crippen molar-refractivity contribution in [2.75, 3.05) is 33.3 Å². The first kappa shape index (κ1) is 14.3. The molecule has 1 saturated carbocycles. The predicted molar refractivity (Wildman–Crippen MR) is 75.8 cm³/mol. The molecule has 2 fully saturated rings. The van der Waals surface area contributed by atoms with E-state index in [1.54, 1.807) is 0 Å². The lowest BCUT2D eigenvalue weighted by Gasteiger charge is -2.38. The third-order valence-electron chi connectivity index (χ3n) is 4.80. The van der Waals surface area contributed by atoms with Crippen molar-refractivity contribution in [1.82, 2.24) is 10.2 Å². The van der Waals surface area contributed by atoms with Gasteiger partial charge in [-0.2, -0.15) is 0 Å². The average Bonchev–Trinajstić information content (AvgIpc) is 2.40. The molecule has 0 amide bonds. The van der Waals surface area contributed by atoms with Gasteiger partial charge in [0.05, 0.1) is 12.7 Å². The molecule has 0 bridgehead atoms. The molecule has 3 heteroatoms. The molecule has 3 nitrogen and oxygen atoms in total. The van der Waals surface area contributed by atoms with Gasteiger partial charge in [-0.15, -0.1) is 0 Å². The van der Waals surface area contributed by atoms with Crippen LogP contribution < -0.4 is 5.32 Å². The van der Waals surface area contributed by atoms with Gasteiger partial charge in [0.15, 0.2) is 0 Å². The maximum atomic E-state index is 5.79. The second-order valence-electron chi connectivity index (χ2n) is 6.45. The smallest absolute Gasteiger partial charge is 0.0826 e. The predicted octanol–water partition coefficient (Wildman–Crippen LogP) is 2.12. The highest BCUT2D eigenvalue weighted by atomic mass is 16.5. The number of hydrogen-bond acceptors (Lipinski definition) is 3. The molecule has 1 aliphatic carbocycles. The molecule has 0 radical (unpaired) electrons. The number of hydrogen-bond donors (Lipinski definition) is 1. The Morgan fingerprint density at radius 1 is 1.22 bits per heavy atom. The number of ether oxygens (including phenoxy) is 1. The maximum Gasteiger partial charge on any atom is 0.0826 e. The van der Waals surface area contributed by atoms with Crippen LogP contribution in [0.2, 0.25) is 0 Å². The van der Waals surface area contributed by atoms with Crippen molar-refractivity contribution in [1.29, 1.82) is 0 Å². The van der Waals surface area contributed by atoms with Gasteiger partial charge < -0.3 is 15.0 Å². The van der Waals surface area contributed by atoms with Crippen molar-refractivity contribution in [3.05, 3.63) is 0 Å². The molecule has 2 aliphatic rings. The zero-order valence-electron chi connectivity index (χ0n) is 12.3. The SMILES string of the molecule is CC(C)C1CCC(N(C)CC2CNCCO2)CC1. The normalized spacial score (nSPS) is 34.2. The van der Waals surface area contributed by atoms with Gasteiger partial charge >= 0.3 is 0 Å². The van der Waals surface area contributed by atoms with Crippen LogP contribution in [-0.2, 0) is 4.74 Å². The second-order valence-corrected chi connectivity index (χ2v) is 6.45. The number of morpholine rings is 1. The first-order valence-electron chi connectivity index (χ1n) is 7.69. The molecule has 0 aromatic rings. The highest BCUT2D eigenvalue weighted by Crippen LogP contribution is 2.31. The molecule has 1 aliphatic heterocycles. The van der Waals surface area contributed by atoms with E-state index in [1.165, 1.54) is 25.7 Å². The average molecular weight is 254 g/mol. The fourth-order valence-corrected chi connectivity index (χ4v) is 3.42. The van der Waals surface area contributed by atoms with Crippen LogP contribution in [0, 0.1) is 11.8 Å². The van der Waals surface area contributed by atoms with Gasteiger partial charge in [-0.1, -0.05) is 13.8 Å². The molecule has 1 heterocycles. The standard InChI is InChI=1S/C15H30N2O/c1-12(2)13-4-6-14(7-5-13)17(3)11-15-10-16-8-9-18-15/h12-16H,4-11H2,1-3H3. The monoisotopic (exact) mass is 254 g/mol. The van der Waals surface area contributed by atoms with Gasteiger partial charge in [0, 0.05) is 25.7 Å². The fourth-order valence-electron chi connectivity index (χ4n) is 3.42. The first-order chi connectivity index (χ1) is 8.66. The molecular formula is C15H30N2O. The summed E-state index contributed by atoms with van der Waals surface area (Å²) in [5.41, 5.74) is 0. The van der Waals surface area contributed by atoms with Crippen molar-refractivity contribution in [2.45, 2.75) is 51.7 Å². The van der Waals surface area contributed by atoms with Crippen LogP contribution in [0.3, 0.4) is 0 Å². The summed E-state index contributed by atoms with van der Waals surface area (Å²) in [6, 6.07) is 0.783. The van der Waals surface area contributed by atoms with Crippen LogP contribution in [0.25, 0.3) is 0 Å². The summed E-state index contributed by atoms with van der Waals surface area (Å²) in [5, 5.41) is 3.41. The van der Waals surface area contributed by atoms with Crippen LogP contribution in [0.1, 0.15) is 39.5 Å². The van der Waals surface area contributed by atoms with Gasteiger partial charge in [-0.25, -0.2) is 0 Å². The summed E-state index contributed by atoms with van der Waals surface area (Å²) in [6.07, 6.45) is 5.97. The molecule has 0 spiro atoms. The Morgan fingerprint density at radius 3 is 2.50 bits per heavy atom. The van der Waals surface area contributed by atoms with Crippen molar-refractivity contribution in [2.24, 2.45) is 11.8 Å². The van der Waals surface area contributed by atoms with Crippen molar-refractivity contribution < 1.29 is 4.74 Å². The highest BCUT2D eigenvalue weighted by Gasteiger charge is 2.27. The molecule has 2 rings (SSSR count). The Labute approximate surface area is 112 Å². The molecule has 1 unspecified atom stereocenters. The van der Waals surface area contributed by atoms with E-state index in [9.17, 15) is 0 Å². The van der Waals surface area contributed by atoms with Gasteiger partial charge in [-0.05, 0) is 44.6 Å². The van der Waals surface area contributed by atoms with Gasteiger partial charge in [-0.3, -0.25) is 0 Å². The van der Waals surface area contributed by atoms with E-state index < -0.39 is 0 Å². The van der Waals surface area contributed by atoms with E-state index in [0.717, 1.165) is 44.1 Å². The minimum absolute atomic E-state index is 0.395. The highest BCUT2D eigenvalue weighted by molar-refractivity contribution is 4.81. The molecule has 106 valence electrons. The summed E-state index contributed by atoms with van der Waals surface area (Å²) in [5.74, 6) is 1.82. The van der Waals surface area contributed by atoms with Crippen molar-refractivity contribution in [3.63, 3.8) is 0 Å². The molecule has 1 N–H and O–H groups in total. The minimum Gasteiger partial charge on any atom is -0.374 e. The van der Waals surface area contributed by atoms with Crippen LogP contribution in [-0.4, -0.2) is 50.3 Å². The molecular weight excluding hydrogens is 224 g/mol. The number of nitrogens with zero attached hydrogens (tertiary/aromatic N) is 1.